The summed E-state index contributed by atoms with van der Waals surface area (Å²) in [7, 11) is 0. The summed E-state index contributed by atoms with van der Waals surface area (Å²) in [6, 6.07) is 13.0. The van der Waals surface area contributed by atoms with Crippen LogP contribution in [0.15, 0.2) is 42.5 Å². The Kier molecular flexibility index (Phi) is 4.43. The first kappa shape index (κ1) is 16.6. The lowest BCUT2D eigenvalue weighted by Gasteiger charge is -2.04. The highest BCUT2D eigenvalue weighted by atomic mass is 16.1. The van der Waals surface area contributed by atoms with E-state index in [4.69, 9.17) is 5.73 Å². The molecule has 6 heteroatoms. The van der Waals surface area contributed by atoms with Gasteiger partial charge in [-0.05, 0) is 50.1 Å². The lowest BCUT2D eigenvalue weighted by Crippen LogP contribution is -2.75. The highest BCUT2D eigenvalue weighted by Gasteiger charge is 2.13. The molecule has 1 heterocycles. The van der Waals surface area contributed by atoms with Crippen molar-refractivity contribution in [3.63, 3.8) is 0 Å². The summed E-state index contributed by atoms with van der Waals surface area (Å²) >= 11 is 0. The first-order valence-electron chi connectivity index (χ1n) is 7.95. The van der Waals surface area contributed by atoms with Crippen LogP contribution in [0.1, 0.15) is 27.2 Å². The van der Waals surface area contributed by atoms with Crippen molar-refractivity contribution in [1.29, 1.82) is 0 Å². The highest BCUT2D eigenvalue weighted by molar-refractivity contribution is 6.03. The van der Waals surface area contributed by atoms with Gasteiger partial charge in [0.1, 0.15) is 5.52 Å². The minimum Gasteiger partial charge on any atom is -0.322 e. The molecule has 0 unspecified atom stereocenters. The van der Waals surface area contributed by atoms with Gasteiger partial charge in [0.15, 0.2) is 0 Å². The second-order valence-electron chi connectivity index (χ2n) is 5.97. The van der Waals surface area contributed by atoms with E-state index in [0.717, 1.165) is 22.2 Å². The van der Waals surface area contributed by atoms with Gasteiger partial charge in [0.05, 0.1) is 5.69 Å². The van der Waals surface area contributed by atoms with Crippen molar-refractivity contribution < 1.29 is 9.79 Å². The molecule has 0 radical (unpaired) electrons. The van der Waals surface area contributed by atoms with Crippen molar-refractivity contribution in [3.05, 3.63) is 64.8 Å². The number of carbonyl (C=O) groups excluding carboxylic acids is 1. The van der Waals surface area contributed by atoms with Crippen LogP contribution in [0.3, 0.4) is 0 Å². The van der Waals surface area contributed by atoms with E-state index in [0.29, 0.717) is 11.5 Å². The van der Waals surface area contributed by atoms with Crippen molar-refractivity contribution in [3.8, 4) is 0 Å². The Morgan fingerprint density at radius 2 is 1.80 bits per heavy atom. The zero-order valence-corrected chi connectivity index (χ0v) is 14.4. The fourth-order valence-electron chi connectivity index (χ4n) is 2.73. The van der Waals surface area contributed by atoms with Crippen LogP contribution in [-0.4, -0.2) is 21.8 Å². The van der Waals surface area contributed by atoms with E-state index in [1.807, 2.05) is 26.8 Å². The Labute approximate surface area is 145 Å². The van der Waals surface area contributed by atoms with Crippen molar-refractivity contribution >= 4 is 28.7 Å². The van der Waals surface area contributed by atoms with Crippen molar-refractivity contribution in [2.45, 2.75) is 20.8 Å². The van der Waals surface area contributed by atoms with Crippen LogP contribution in [0.5, 0.6) is 0 Å². The van der Waals surface area contributed by atoms with E-state index in [9.17, 15) is 4.79 Å². The molecule has 3 rings (SSSR count). The first-order chi connectivity index (χ1) is 11.9. The lowest BCUT2D eigenvalue weighted by atomic mass is 10.1. The number of carbonyl (C=O) groups is 1. The first-order valence-corrected chi connectivity index (χ1v) is 7.95. The molecule has 1 aromatic heterocycles. The second kappa shape index (κ2) is 6.68. The molecule has 2 aromatic carbocycles. The Balaban J connectivity index is 1.91. The third-order valence-electron chi connectivity index (χ3n) is 3.86. The predicted octanol–water partition coefficient (Wildman–Crippen LogP) is 1.01. The molecular formula is C19H20N5O+. The third-order valence-corrected chi connectivity index (χ3v) is 3.86. The Morgan fingerprint density at radius 1 is 1.08 bits per heavy atom. The van der Waals surface area contributed by atoms with Crippen LogP contribution in [0, 0.1) is 20.8 Å². The molecular weight excluding hydrogens is 314 g/mol. The molecule has 0 aliphatic carbocycles. The van der Waals surface area contributed by atoms with Crippen molar-refractivity contribution in [2.75, 3.05) is 0 Å². The van der Waals surface area contributed by atoms with E-state index < -0.39 is 0 Å². The smallest absolute Gasteiger partial charge is 0.322 e. The molecule has 0 bridgehead atoms. The largest absolute Gasteiger partial charge is 0.354 e. The number of amides is 1. The maximum Gasteiger partial charge on any atom is 0.354 e. The number of fused-ring (bicyclic) bond motifs is 1. The van der Waals surface area contributed by atoms with Gasteiger partial charge in [-0.2, -0.15) is 0 Å². The Hall–Kier alpha value is -3.28. The average molecular weight is 334 g/mol. The highest BCUT2D eigenvalue weighted by Crippen LogP contribution is 2.21. The van der Waals surface area contributed by atoms with Crippen molar-refractivity contribution in [1.82, 2.24) is 15.3 Å². The summed E-state index contributed by atoms with van der Waals surface area (Å²) < 4.78 is 0. The summed E-state index contributed by atoms with van der Waals surface area (Å²) in [6.45, 7) is 5.98. The SMILES string of the molecule is Cc1cc(C)c2nc(/[NH+]=C(\N)NC(=O)c3ccccc3)nc(C)c2c1. The van der Waals surface area contributed by atoms with Gasteiger partial charge in [-0.25, -0.2) is 10.3 Å². The quantitative estimate of drug-likeness (QED) is 0.481. The number of nitrogens with two attached hydrogens (primary N) is 1. The molecule has 0 aliphatic rings. The summed E-state index contributed by atoms with van der Waals surface area (Å²) in [6.07, 6.45) is 0. The molecule has 4 N–H and O–H groups in total. The number of rotatable bonds is 2. The number of aryl methyl sites for hydroxylation is 3. The summed E-state index contributed by atoms with van der Waals surface area (Å²) in [5.41, 5.74) is 10.4. The monoisotopic (exact) mass is 334 g/mol. The predicted molar refractivity (Wildman–Crippen MR) is 97.5 cm³/mol. The van der Waals surface area contributed by atoms with E-state index in [2.05, 4.69) is 32.4 Å². The molecule has 0 saturated heterocycles. The van der Waals surface area contributed by atoms with Crippen LogP contribution in [-0.2, 0) is 0 Å². The molecule has 6 nitrogen and oxygen atoms in total. The zero-order valence-electron chi connectivity index (χ0n) is 14.4. The number of hydrogen-bond acceptors (Lipinski definition) is 3. The van der Waals surface area contributed by atoms with Crippen molar-refractivity contribution in [2.24, 2.45) is 5.73 Å². The lowest BCUT2D eigenvalue weighted by molar-refractivity contribution is -0.367. The van der Waals surface area contributed by atoms with Crippen LogP contribution < -0.4 is 16.0 Å². The number of guanidine groups is 1. The number of nitrogens with one attached hydrogen (secondary N) is 2. The molecule has 1 amide bonds. The van der Waals surface area contributed by atoms with Crippen LogP contribution in [0.2, 0.25) is 0 Å². The normalized spacial score (nSPS) is 11.6. The third kappa shape index (κ3) is 3.63. The molecule has 0 spiro atoms. The minimum absolute atomic E-state index is 0.0809. The summed E-state index contributed by atoms with van der Waals surface area (Å²) in [5, 5.41) is 3.61. The number of aromatic nitrogens is 2. The fourth-order valence-corrected chi connectivity index (χ4v) is 2.73. The van der Waals surface area contributed by atoms with Gasteiger partial charge in [0, 0.05) is 10.9 Å². The van der Waals surface area contributed by atoms with Crippen LogP contribution in [0.25, 0.3) is 10.9 Å². The molecule has 0 fully saturated rings. The molecule has 0 aliphatic heterocycles. The zero-order chi connectivity index (χ0) is 18.0. The number of nitrogens with zero attached hydrogens (tertiary/aromatic N) is 2. The maximum atomic E-state index is 12.1. The molecule has 0 saturated carbocycles. The maximum absolute atomic E-state index is 12.1. The van der Waals surface area contributed by atoms with E-state index in [1.165, 1.54) is 5.56 Å². The molecule has 0 atom stereocenters. The molecule has 126 valence electrons. The summed E-state index contributed by atoms with van der Waals surface area (Å²) in [5.74, 6) is 0.134. The van der Waals surface area contributed by atoms with Gasteiger partial charge in [0.2, 0.25) is 0 Å². The van der Waals surface area contributed by atoms with Crippen LogP contribution in [0.4, 0.5) is 5.95 Å². The van der Waals surface area contributed by atoms with Gasteiger partial charge in [-0.1, -0.05) is 24.3 Å². The molecule has 3 aromatic rings. The van der Waals surface area contributed by atoms with Crippen LogP contribution >= 0.6 is 0 Å². The van der Waals surface area contributed by atoms with Gasteiger partial charge >= 0.3 is 5.95 Å². The number of hydrogen-bond donors (Lipinski definition) is 3. The van der Waals surface area contributed by atoms with Gasteiger partial charge in [-0.15, -0.1) is 9.97 Å². The Bertz CT molecular complexity index is 980. The molecule has 25 heavy (non-hydrogen) atoms. The number of benzene rings is 2. The average Bonchev–Trinajstić information content (AvgIpc) is 2.56. The standard InChI is InChI=1S/C19H19N5O/c1-11-9-12(2)16-15(10-11)13(3)21-19(22-16)24-18(20)23-17(25)14-7-5-4-6-8-14/h4-10H,1-3H3,(H3,20,21,22,23,24,25)/p+1. The topological polar surface area (TPSA) is 94.9 Å². The Morgan fingerprint density at radius 3 is 2.52 bits per heavy atom. The second-order valence-corrected chi connectivity index (χ2v) is 5.97. The van der Waals surface area contributed by atoms with E-state index in [-0.39, 0.29) is 11.9 Å². The van der Waals surface area contributed by atoms with Gasteiger partial charge in [0.25, 0.3) is 11.9 Å². The fraction of sp³-hybridized carbons (Fsp3) is 0.158. The minimum atomic E-state index is -0.296. The van der Waals surface area contributed by atoms with Gasteiger partial charge in [-0.3, -0.25) is 4.79 Å². The van der Waals surface area contributed by atoms with E-state index in [1.54, 1.807) is 24.3 Å². The van der Waals surface area contributed by atoms with Gasteiger partial charge < -0.3 is 5.73 Å². The van der Waals surface area contributed by atoms with E-state index >= 15 is 0 Å². The summed E-state index contributed by atoms with van der Waals surface area (Å²) in [4.78, 5) is 23.9.